The van der Waals surface area contributed by atoms with Crippen LogP contribution < -0.4 is 5.32 Å². The molecule has 0 aliphatic carbocycles. The van der Waals surface area contributed by atoms with Gasteiger partial charge in [-0.25, -0.2) is 0 Å². The van der Waals surface area contributed by atoms with Crippen molar-refractivity contribution in [3.05, 3.63) is 29.8 Å². The Morgan fingerprint density at radius 1 is 1.35 bits per heavy atom. The second-order valence-corrected chi connectivity index (χ2v) is 7.16. The molecule has 0 spiro atoms. The van der Waals surface area contributed by atoms with Crippen molar-refractivity contribution in [3.8, 4) is 0 Å². The third kappa shape index (κ3) is 2.06. The molecule has 1 aromatic carbocycles. The number of piperidine rings is 1. The first-order chi connectivity index (χ1) is 9.83. The van der Waals surface area contributed by atoms with Crippen LogP contribution in [-0.2, 0) is 4.79 Å². The zero-order chi connectivity index (χ0) is 13.5. The maximum absolute atomic E-state index is 11.8. The van der Waals surface area contributed by atoms with Gasteiger partial charge in [-0.1, -0.05) is 18.2 Å². The lowest BCUT2D eigenvalue weighted by Gasteiger charge is -2.37. The molecule has 1 amide bonds. The van der Waals surface area contributed by atoms with Crippen LogP contribution in [0.25, 0.3) is 0 Å². The van der Waals surface area contributed by atoms with Crippen LogP contribution in [0.1, 0.15) is 24.3 Å². The quantitative estimate of drug-likeness (QED) is 0.904. The van der Waals surface area contributed by atoms with Gasteiger partial charge in [0, 0.05) is 35.7 Å². The van der Waals surface area contributed by atoms with Gasteiger partial charge in [-0.15, -0.1) is 11.8 Å². The second-order valence-electron chi connectivity index (χ2n) is 6.10. The Kier molecular flexibility index (Phi) is 3.23. The minimum Gasteiger partial charge on any atom is -0.354 e. The summed E-state index contributed by atoms with van der Waals surface area (Å²) in [7, 11) is 0. The summed E-state index contributed by atoms with van der Waals surface area (Å²) in [6.45, 7) is 3.12. The molecule has 4 heteroatoms. The Balaban J connectivity index is 1.51. The van der Waals surface area contributed by atoms with E-state index in [0.29, 0.717) is 12.0 Å². The molecule has 2 saturated heterocycles. The molecule has 106 valence electrons. The average molecular weight is 288 g/mol. The van der Waals surface area contributed by atoms with Crippen LogP contribution in [0.15, 0.2) is 29.2 Å². The number of carbonyl (C=O) groups is 1. The summed E-state index contributed by atoms with van der Waals surface area (Å²) in [5, 5.41) is 3.05. The van der Waals surface area contributed by atoms with Gasteiger partial charge in [-0.05, 0) is 31.0 Å². The van der Waals surface area contributed by atoms with Gasteiger partial charge < -0.3 is 5.32 Å². The number of rotatable bonds is 2. The van der Waals surface area contributed by atoms with Crippen molar-refractivity contribution < 1.29 is 4.79 Å². The van der Waals surface area contributed by atoms with Crippen molar-refractivity contribution in [2.24, 2.45) is 5.92 Å². The lowest BCUT2D eigenvalue weighted by molar-refractivity contribution is -0.124. The highest BCUT2D eigenvalue weighted by molar-refractivity contribution is 7.99. The van der Waals surface area contributed by atoms with E-state index in [-0.39, 0.29) is 11.8 Å². The lowest BCUT2D eigenvalue weighted by atomic mass is 9.90. The Labute approximate surface area is 124 Å². The number of nitrogens with zero attached hydrogens (tertiary/aromatic N) is 1. The number of carbonyl (C=O) groups excluding carboxylic acids is 1. The summed E-state index contributed by atoms with van der Waals surface area (Å²) in [4.78, 5) is 15.9. The molecular formula is C16H20N2OS. The molecule has 0 saturated carbocycles. The molecule has 0 radical (unpaired) electrons. The van der Waals surface area contributed by atoms with E-state index in [0.717, 1.165) is 32.5 Å². The van der Waals surface area contributed by atoms with Crippen LogP contribution in [0.3, 0.4) is 0 Å². The normalized spacial score (nSPS) is 32.8. The Morgan fingerprint density at radius 3 is 3.20 bits per heavy atom. The van der Waals surface area contributed by atoms with Crippen molar-refractivity contribution in [2.75, 3.05) is 25.4 Å². The van der Waals surface area contributed by atoms with Gasteiger partial charge in [0.25, 0.3) is 0 Å². The van der Waals surface area contributed by atoms with E-state index in [4.69, 9.17) is 0 Å². The number of hydrogen-bond acceptors (Lipinski definition) is 3. The van der Waals surface area contributed by atoms with Gasteiger partial charge in [-0.2, -0.15) is 0 Å². The molecular weight excluding hydrogens is 268 g/mol. The average Bonchev–Trinajstić information content (AvgIpc) is 3.05. The zero-order valence-electron chi connectivity index (χ0n) is 11.5. The highest BCUT2D eigenvalue weighted by Crippen LogP contribution is 2.40. The Morgan fingerprint density at radius 2 is 2.25 bits per heavy atom. The molecule has 3 nitrogen and oxygen atoms in total. The largest absolute Gasteiger partial charge is 0.354 e. The van der Waals surface area contributed by atoms with E-state index >= 15 is 0 Å². The lowest BCUT2D eigenvalue weighted by Crippen LogP contribution is -2.47. The first-order valence-electron chi connectivity index (χ1n) is 7.56. The first kappa shape index (κ1) is 12.7. The number of nitrogens with one attached hydrogen (secondary N) is 1. The van der Waals surface area contributed by atoms with Crippen molar-refractivity contribution in [1.82, 2.24) is 10.2 Å². The first-order valence-corrected chi connectivity index (χ1v) is 8.55. The summed E-state index contributed by atoms with van der Waals surface area (Å²) in [6, 6.07) is 9.23. The van der Waals surface area contributed by atoms with Gasteiger partial charge in [0.1, 0.15) is 0 Å². The minimum atomic E-state index is 0.244. The predicted octanol–water partition coefficient (Wildman–Crippen LogP) is 2.09. The number of fused-ring (bicyclic) bond motifs is 2. The molecule has 1 N–H and O–H groups in total. The molecule has 3 atom stereocenters. The molecule has 3 unspecified atom stereocenters. The monoisotopic (exact) mass is 288 g/mol. The number of likely N-dealkylation sites (tertiary alicyclic amines) is 1. The molecule has 4 rings (SSSR count). The maximum atomic E-state index is 11.8. The summed E-state index contributed by atoms with van der Waals surface area (Å²) in [5.74, 6) is 2.34. The van der Waals surface area contributed by atoms with Crippen LogP contribution in [-0.4, -0.2) is 42.2 Å². The van der Waals surface area contributed by atoms with Crippen LogP contribution >= 0.6 is 11.8 Å². The molecule has 1 aromatic rings. The smallest absolute Gasteiger partial charge is 0.224 e. The maximum Gasteiger partial charge on any atom is 0.224 e. The van der Waals surface area contributed by atoms with Crippen LogP contribution in [0, 0.1) is 5.92 Å². The van der Waals surface area contributed by atoms with E-state index in [9.17, 15) is 4.79 Å². The summed E-state index contributed by atoms with van der Waals surface area (Å²) in [5.41, 5.74) is 1.51. The van der Waals surface area contributed by atoms with E-state index in [1.165, 1.54) is 16.2 Å². The van der Waals surface area contributed by atoms with Crippen molar-refractivity contribution in [3.63, 3.8) is 0 Å². The fourth-order valence-electron chi connectivity index (χ4n) is 3.93. The van der Waals surface area contributed by atoms with Crippen LogP contribution in [0.4, 0.5) is 0 Å². The fourth-order valence-corrected chi connectivity index (χ4v) is 5.17. The van der Waals surface area contributed by atoms with Gasteiger partial charge in [0.05, 0.1) is 5.92 Å². The number of thioether (sulfide) groups is 1. The van der Waals surface area contributed by atoms with Gasteiger partial charge in [-0.3, -0.25) is 9.69 Å². The fraction of sp³-hybridized carbons (Fsp3) is 0.562. The second kappa shape index (κ2) is 5.08. The van der Waals surface area contributed by atoms with Crippen LogP contribution in [0.2, 0.25) is 0 Å². The number of amides is 1. The predicted molar refractivity (Wildman–Crippen MR) is 81.0 cm³/mol. The number of hydrogen-bond donors (Lipinski definition) is 1. The third-order valence-electron chi connectivity index (χ3n) is 4.97. The summed E-state index contributed by atoms with van der Waals surface area (Å²) < 4.78 is 0. The SMILES string of the molecule is O=C1NCC2C1CCCN2CC1CSc2ccccc21. The molecule has 3 heterocycles. The summed E-state index contributed by atoms with van der Waals surface area (Å²) >= 11 is 1.98. The van der Waals surface area contributed by atoms with Crippen molar-refractivity contribution >= 4 is 17.7 Å². The summed E-state index contributed by atoms with van der Waals surface area (Å²) in [6.07, 6.45) is 2.24. The van der Waals surface area contributed by atoms with Gasteiger partial charge >= 0.3 is 0 Å². The van der Waals surface area contributed by atoms with Crippen molar-refractivity contribution in [1.29, 1.82) is 0 Å². The third-order valence-corrected chi connectivity index (χ3v) is 6.22. The highest BCUT2D eigenvalue weighted by Gasteiger charge is 2.41. The number of benzene rings is 1. The van der Waals surface area contributed by atoms with Gasteiger partial charge in [0.15, 0.2) is 0 Å². The zero-order valence-corrected chi connectivity index (χ0v) is 12.4. The van der Waals surface area contributed by atoms with Crippen molar-refractivity contribution in [2.45, 2.75) is 29.7 Å². The molecule has 0 bridgehead atoms. The molecule has 0 aromatic heterocycles. The molecule has 20 heavy (non-hydrogen) atoms. The van der Waals surface area contributed by atoms with E-state index in [1.807, 2.05) is 11.8 Å². The molecule has 3 aliphatic rings. The molecule has 2 fully saturated rings. The molecule has 3 aliphatic heterocycles. The van der Waals surface area contributed by atoms with E-state index < -0.39 is 0 Å². The Bertz CT molecular complexity index is 533. The Hall–Kier alpha value is -1.00. The standard InChI is InChI=1S/C16H20N2OS/c19-16-13-5-3-7-18(14(13)8-17-16)9-11-10-20-15-6-2-1-4-12(11)15/h1-2,4,6,11,13-14H,3,5,7-10H2,(H,17,19). The van der Waals surface area contributed by atoms with E-state index in [1.54, 1.807) is 0 Å². The van der Waals surface area contributed by atoms with Gasteiger partial charge in [0.2, 0.25) is 5.91 Å². The van der Waals surface area contributed by atoms with Crippen LogP contribution in [0.5, 0.6) is 0 Å². The topological polar surface area (TPSA) is 32.3 Å². The van der Waals surface area contributed by atoms with E-state index in [2.05, 4.69) is 34.5 Å². The highest BCUT2D eigenvalue weighted by atomic mass is 32.2. The minimum absolute atomic E-state index is 0.244.